The van der Waals surface area contributed by atoms with Crippen LogP contribution in [0.25, 0.3) is 0 Å². The first-order valence-electron chi connectivity index (χ1n) is 7.04. The molecule has 18 heavy (non-hydrogen) atoms. The Morgan fingerprint density at radius 1 is 1.39 bits per heavy atom. The van der Waals surface area contributed by atoms with Gasteiger partial charge in [-0.2, -0.15) is 0 Å². The summed E-state index contributed by atoms with van der Waals surface area (Å²) in [6.07, 6.45) is 7.90. The normalized spacial score (nSPS) is 19.4. The van der Waals surface area contributed by atoms with Gasteiger partial charge in [0.15, 0.2) is 0 Å². The van der Waals surface area contributed by atoms with Crippen molar-refractivity contribution in [2.75, 3.05) is 13.1 Å². The molecule has 1 rings (SSSR count). The number of carbonyl (C=O) groups is 1. The Morgan fingerprint density at radius 3 is 2.50 bits per heavy atom. The second-order valence-electron chi connectivity index (χ2n) is 6.24. The fraction of sp³-hybridized carbons (Fsp3) is 0.800. The van der Waals surface area contributed by atoms with Gasteiger partial charge in [0.1, 0.15) is 0 Å². The van der Waals surface area contributed by atoms with Gasteiger partial charge in [-0.15, -0.1) is 0 Å². The van der Waals surface area contributed by atoms with Gasteiger partial charge in [-0.3, -0.25) is 0 Å². The summed E-state index contributed by atoms with van der Waals surface area (Å²) in [6, 6.07) is 0. The lowest BCUT2D eigenvalue weighted by atomic mass is 9.78. The van der Waals surface area contributed by atoms with E-state index in [0.29, 0.717) is 12.0 Å². The van der Waals surface area contributed by atoms with Crippen molar-refractivity contribution in [2.45, 2.75) is 52.9 Å². The van der Waals surface area contributed by atoms with E-state index in [1.54, 1.807) is 0 Å². The maximum Gasteiger partial charge on any atom is 0.328 e. The SMILES string of the molecule is CC(=CC(=O)O)CNCC1(CC(C)C)CCCC1. The highest BCUT2D eigenvalue weighted by Gasteiger charge is 2.33. The summed E-state index contributed by atoms with van der Waals surface area (Å²) in [7, 11) is 0. The van der Waals surface area contributed by atoms with Crippen molar-refractivity contribution in [3.63, 3.8) is 0 Å². The minimum atomic E-state index is -0.855. The largest absolute Gasteiger partial charge is 0.478 e. The molecule has 0 heterocycles. The third-order valence-electron chi connectivity index (χ3n) is 3.78. The maximum absolute atomic E-state index is 10.5. The molecule has 0 spiro atoms. The van der Waals surface area contributed by atoms with Crippen LogP contribution < -0.4 is 5.32 Å². The van der Waals surface area contributed by atoms with Gasteiger partial charge >= 0.3 is 5.97 Å². The topological polar surface area (TPSA) is 49.3 Å². The molecule has 0 bridgehead atoms. The molecule has 0 aromatic heterocycles. The van der Waals surface area contributed by atoms with Crippen molar-refractivity contribution in [1.82, 2.24) is 5.32 Å². The molecule has 1 saturated carbocycles. The standard InChI is InChI=1S/C15H27NO2/c1-12(2)9-15(6-4-5-7-15)11-16-10-13(3)8-14(17)18/h8,12,16H,4-7,9-11H2,1-3H3,(H,17,18). The number of nitrogens with one attached hydrogen (secondary N) is 1. The number of carboxylic acid groups (broad SMARTS) is 1. The zero-order chi connectivity index (χ0) is 13.6. The first kappa shape index (κ1) is 15.2. The van der Waals surface area contributed by atoms with Crippen molar-refractivity contribution in [3.8, 4) is 0 Å². The van der Waals surface area contributed by atoms with Crippen molar-refractivity contribution >= 4 is 5.97 Å². The predicted octanol–water partition coefficient (Wildman–Crippen LogP) is 3.21. The van der Waals surface area contributed by atoms with Crippen molar-refractivity contribution in [3.05, 3.63) is 11.6 Å². The van der Waals surface area contributed by atoms with Crippen LogP contribution in [-0.4, -0.2) is 24.2 Å². The summed E-state index contributed by atoms with van der Waals surface area (Å²) in [6.45, 7) is 8.15. The summed E-state index contributed by atoms with van der Waals surface area (Å²) >= 11 is 0. The molecule has 0 amide bonds. The molecule has 1 aliphatic carbocycles. The first-order valence-corrected chi connectivity index (χ1v) is 7.04. The molecule has 1 fully saturated rings. The molecule has 1 aliphatic rings. The maximum atomic E-state index is 10.5. The Kier molecular flexibility index (Phi) is 5.86. The Labute approximate surface area is 111 Å². The zero-order valence-electron chi connectivity index (χ0n) is 12.0. The van der Waals surface area contributed by atoms with Crippen LogP contribution in [0.15, 0.2) is 11.6 Å². The lowest BCUT2D eigenvalue weighted by Crippen LogP contribution is -2.34. The van der Waals surface area contributed by atoms with E-state index >= 15 is 0 Å². The van der Waals surface area contributed by atoms with E-state index in [1.165, 1.54) is 38.2 Å². The highest BCUT2D eigenvalue weighted by Crippen LogP contribution is 2.42. The quantitative estimate of drug-likeness (QED) is 0.685. The van der Waals surface area contributed by atoms with E-state index in [4.69, 9.17) is 5.11 Å². The second kappa shape index (κ2) is 6.93. The fourth-order valence-corrected chi connectivity index (χ4v) is 3.23. The molecule has 0 atom stereocenters. The van der Waals surface area contributed by atoms with E-state index < -0.39 is 5.97 Å². The van der Waals surface area contributed by atoms with Gasteiger partial charge in [-0.25, -0.2) is 4.79 Å². The van der Waals surface area contributed by atoms with Crippen LogP contribution in [0.1, 0.15) is 52.9 Å². The molecule has 0 aliphatic heterocycles. The van der Waals surface area contributed by atoms with Crippen LogP contribution in [0.5, 0.6) is 0 Å². The minimum absolute atomic E-state index is 0.456. The van der Waals surface area contributed by atoms with Gasteiger partial charge in [-0.1, -0.05) is 32.3 Å². The van der Waals surface area contributed by atoms with Gasteiger partial charge in [-0.05, 0) is 37.5 Å². The van der Waals surface area contributed by atoms with Crippen molar-refractivity contribution in [2.24, 2.45) is 11.3 Å². The summed E-state index contributed by atoms with van der Waals surface area (Å²) in [5.41, 5.74) is 1.35. The average molecular weight is 253 g/mol. The monoisotopic (exact) mass is 253 g/mol. The lowest BCUT2D eigenvalue weighted by Gasteiger charge is -2.31. The second-order valence-corrected chi connectivity index (χ2v) is 6.24. The Morgan fingerprint density at radius 2 is 2.00 bits per heavy atom. The van der Waals surface area contributed by atoms with E-state index in [0.717, 1.165) is 18.0 Å². The molecule has 0 radical (unpaired) electrons. The fourth-order valence-electron chi connectivity index (χ4n) is 3.23. The smallest absolute Gasteiger partial charge is 0.328 e. The van der Waals surface area contributed by atoms with Gasteiger partial charge < -0.3 is 10.4 Å². The van der Waals surface area contributed by atoms with E-state index in [2.05, 4.69) is 19.2 Å². The first-order chi connectivity index (χ1) is 8.43. The minimum Gasteiger partial charge on any atom is -0.478 e. The molecule has 0 aromatic rings. The third kappa shape index (κ3) is 5.21. The summed E-state index contributed by atoms with van der Waals surface area (Å²) < 4.78 is 0. The molecule has 3 heteroatoms. The number of hydrogen-bond donors (Lipinski definition) is 2. The summed E-state index contributed by atoms with van der Waals surface area (Å²) in [4.78, 5) is 10.5. The number of carboxylic acids is 1. The van der Waals surface area contributed by atoms with E-state index in [9.17, 15) is 4.79 Å². The third-order valence-corrected chi connectivity index (χ3v) is 3.78. The number of hydrogen-bond acceptors (Lipinski definition) is 2. The van der Waals surface area contributed by atoms with Gasteiger partial charge in [0, 0.05) is 19.2 Å². The van der Waals surface area contributed by atoms with E-state index in [-0.39, 0.29) is 0 Å². The highest BCUT2D eigenvalue weighted by molar-refractivity contribution is 5.80. The molecule has 0 aromatic carbocycles. The van der Waals surface area contributed by atoms with Crippen LogP contribution in [0.3, 0.4) is 0 Å². The summed E-state index contributed by atoms with van der Waals surface area (Å²) in [5.74, 6) is -0.118. The van der Waals surface area contributed by atoms with Crippen LogP contribution in [0.2, 0.25) is 0 Å². The van der Waals surface area contributed by atoms with E-state index in [1.807, 2.05) is 6.92 Å². The highest BCUT2D eigenvalue weighted by atomic mass is 16.4. The lowest BCUT2D eigenvalue weighted by molar-refractivity contribution is -0.131. The number of aliphatic carboxylic acids is 1. The van der Waals surface area contributed by atoms with Crippen molar-refractivity contribution in [1.29, 1.82) is 0 Å². The molecule has 2 N–H and O–H groups in total. The Balaban J connectivity index is 2.41. The van der Waals surface area contributed by atoms with Crippen LogP contribution in [0.4, 0.5) is 0 Å². The summed E-state index contributed by atoms with van der Waals surface area (Å²) in [5, 5.41) is 12.1. The average Bonchev–Trinajstić information content (AvgIpc) is 2.64. The molecule has 104 valence electrons. The molecule has 0 saturated heterocycles. The van der Waals surface area contributed by atoms with Crippen LogP contribution >= 0.6 is 0 Å². The van der Waals surface area contributed by atoms with Crippen LogP contribution in [-0.2, 0) is 4.79 Å². The Bertz CT molecular complexity index is 302. The van der Waals surface area contributed by atoms with Gasteiger partial charge in [0.2, 0.25) is 0 Å². The molecule has 3 nitrogen and oxygen atoms in total. The molecule has 0 unspecified atom stereocenters. The zero-order valence-corrected chi connectivity index (χ0v) is 12.0. The Hall–Kier alpha value is -0.830. The molecular weight excluding hydrogens is 226 g/mol. The van der Waals surface area contributed by atoms with Gasteiger partial charge in [0.25, 0.3) is 0 Å². The molecular formula is C15H27NO2. The van der Waals surface area contributed by atoms with Crippen LogP contribution in [0, 0.1) is 11.3 Å². The van der Waals surface area contributed by atoms with Crippen molar-refractivity contribution < 1.29 is 9.90 Å². The number of rotatable bonds is 7. The van der Waals surface area contributed by atoms with Gasteiger partial charge in [0.05, 0.1) is 0 Å². The predicted molar refractivity (Wildman–Crippen MR) is 74.6 cm³/mol.